The summed E-state index contributed by atoms with van der Waals surface area (Å²) < 4.78 is 0. The second-order valence-electron chi connectivity index (χ2n) is 8.93. The van der Waals surface area contributed by atoms with Gasteiger partial charge in [-0.25, -0.2) is 0 Å². The molecule has 0 aliphatic heterocycles. The molecule has 0 fully saturated rings. The van der Waals surface area contributed by atoms with E-state index >= 15 is 0 Å². The Kier molecular flexibility index (Phi) is 4.25. The van der Waals surface area contributed by atoms with E-state index in [4.69, 9.17) is 0 Å². The fraction of sp³-hybridized carbons (Fsp3) is 0. The average molecular weight is 431 g/mol. The minimum atomic E-state index is 1.25. The first-order valence-corrected chi connectivity index (χ1v) is 11.8. The summed E-state index contributed by atoms with van der Waals surface area (Å²) in [4.78, 5) is 0. The van der Waals surface area contributed by atoms with Crippen molar-refractivity contribution < 1.29 is 0 Å². The Balaban J connectivity index is 1.67. The summed E-state index contributed by atoms with van der Waals surface area (Å²) in [6.07, 6.45) is 0. The fourth-order valence-electron chi connectivity index (χ4n) is 5.48. The molecule has 158 valence electrons. The maximum Gasteiger partial charge on any atom is -0.00141 e. The van der Waals surface area contributed by atoms with Crippen LogP contribution in [0.2, 0.25) is 0 Å². The zero-order valence-corrected chi connectivity index (χ0v) is 18.7. The normalized spacial score (nSPS) is 11.5. The third-order valence-corrected chi connectivity index (χ3v) is 7.04. The van der Waals surface area contributed by atoms with E-state index in [9.17, 15) is 0 Å². The fourth-order valence-corrected chi connectivity index (χ4v) is 5.48. The Labute approximate surface area is 199 Å². The van der Waals surface area contributed by atoms with Crippen LogP contribution in [0.1, 0.15) is 0 Å². The third kappa shape index (κ3) is 2.86. The first-order valence-electron chi connectivity index (χ1n) is 11.8. The molecule has 0 radical (unpaired) electrons. The van der Waals surface area contributed by atoms with Gasteiger partial charge in [-0.2, -0.15) is 0 Å². The van der Waals surface area contributed by atoms with Crippen molar-refractivity contribution in [2.75, 3.05) is 0 Å². The van der Waals surface area contributed by atoms with Crippen molar-refractivity contribution in [2.45, 2.75) is 0 Å². The molecule has 7 rings (SSSR count). The Hall–Kier alpha value is -4.42. The topological polar surface area (TPSA) is 0 Å². The highest BCUT2D eigenvalue weighted by atomic mass is 14.2. The molecule has 0 atom stereocenters. The van der Waals surface area contributed by atoms with E-state index in [1.165, 1.54) is 65.7 Å². The molecule has 0 saturated heterocycles. The lowest BCUT2D eigenvalue weighted by Crippen LogP contribution is -1.92. The van der Waals surface area contributed by atoms with Gasteiger partial charge >= 0.3 is 0 Å². The molecule has 0 nitrogen and oxygen atoms in total. The van der Waals surface area contributed by atoms with Gasteiger partial charge in [-0.1, -0.05) is 127 Å². The van der Waals surface area contributed by atoms with Gasteiger partial charge in [0.05, 0.1) is 0 Å². The predicted molar refractivity (Wildman–Crippen MR) is 146 cm³/mol. The molecule has 7 aromatic rings. The molecule has 0 unspecified atom stereocenters. The van der Waals surface area contributed by atoms with Gasteiger partial charge in [0, 0.05) is 0 Å². The van der Waals surface area contributed by atoms with Crippen molar-refractivity contribution in [3.05, 3.63) is 133 Å². The lowest BCUT2D eigenvalue weighted by molar-refractivity contribution is 1.63. The van der Waals surface area contributed by atoms with Crippen LogP contribution in [0.3, 0.4) is 0 Å². The van der Waals surface area contributed by atoms with Crippen LogP contribution in [0.4, 0.5) is 0 Å². The van der Waals surface area contributed by atoms with Crippen molar-refractivity contribution >= 4 is 32.3 Å². The maximum atomic E-state index is 2.38. The molecule has 0 aliphatic carbocycles. The molecule has 0 amide bonds. The molecule has 7 aromatic carbocycles. The third-order valence-electron chi connectivity index (χ3n) is 7.04. The average Bonchev–Trinajstić information content (AvgIpc) is 2.92. The molecule has 0 heterocycles. The van der Waals surface area contributed by atoms with Crippen LogP contribution in [-0.4, -0.2) is 0 Å². The van der Waals surface area contributed by atoms with Gasteiger partial charge in [-0.15, -0.1) is 0 Å². The molecular formula is C34H22. The van der Waals surface area contributed by atoms with Crippen molar-refractivity contribution in [1.82, 2.24) is 0 Å². The smallest absolute Gasteiger partial charge is 0.00141 e. The molecule has 0 N–H and O–H groups in total. The predicted octanol–water partition coefficient (Wildman–Crippen LogP) is 9.58. The minimum Gasteiger partial charge on any atom is -0.0622 e. The summed E-state index contributed by atoms with van der Waals surface area (Å²) in [5, 5.41) is 7.93. The molecule has 0 saturated carbocycles. The maximum absolute atomic E-state index is 2.38. The highest BCUT2D eigenvalue weighted by molar-refractivity contribution is 6.29. The van der Waals surface area contributed by atoms with Gasteiger partial charge in [-0.3, -0.25) is 0 Å². The second-order valence-corrected chi connectivity index (χ2v) is 8.93. The Morgan fingerprint density at radius 3 is 1.24 bits per heavy atom. The molecule has 34 heavy (non-hydrogen) atoms. The van der Waals surface area contributed by atoms with Crippen molar-refractivity contribution in [2.24, 2.45) is 0 Å². The highest BCUT2D eigenvalue weighted by Crippen LogP contribution is 2.45. The summed E-state index contributed by atoms with van der Waals surface area (Å²) in [6.45, 7) is 0. The SMILES string of the molecule is c1ccc(-c2ccc3ccc4c(-c5ccccc5)cc(-c5ccccc5)c5ccc2c3c45)cc1. The van der Waals surface area contributed by atoms with Gasteiger partial charge in [0.15, 0.2) is 0 Å². The summed E-state index contributed by atoms with van der Waals surface area (Å²) >= 11 is 0. The van der Waals surface area contributed by atoms with Gasteiger partial charge in [-0.05, 0) is 71.8 Å². The molecule has 0 spiro atoms. The van der Waals surface area contributed by atoms with E-state index in [0.717, 1.165) is 0 Å². The van der Waals surface area contributed by atoms with Gasteiger partial charge in [0.1, 0.15) is 0 Å². The lowest BCUT2D eigenvalue weighted by atomic mass is 9.84. The Morgan fingerprint density at radius 1 is 0.294 bits per heavy atom. The molecule has 0 aromatic heterocycles. The quantitative estimate of drug-likeness (QED) is 0.245. The molecular weight excluding hydrogens is 408 g/mol. The van der Waals surface area contributed by atoms with E-state index in [1.54, 1.807) is 0 Å². The molecule has 0 heteroatoms. The standard InChI is InChI=1S/C34H22/c1-4-10-23(11-5-1)27-18-16-26-17-19-29-31(24-12-6-2-7-13-24)22-32(25-14-8-3-9-15-25)30-21-20-28(27)33(26)34(29)30/h1-22H. The van der Waals surface area contributed by atoms with Gasteiger partial charge in [0.25, 0.3) is 0 Å². The number of benzene rings is 7. The zero-order chi connectivity index (χ0) is 22.5. The Bertz CT molecular complexity index is 1700. The minimum absolute atomic E-state index is 1.25. The number of hydrogen-bond acceptors (Lipinski definition) is 0. The first kappa shape index (κ1) is 19.1. The van der Waals surface area contributed by atoms with Crippen LogP contribution in [0.25, 0.3) is 65.7 Å². The summed E-state index contributed by atoms with van der Waals surface area (Å²) in [5.74, 6) is 0. The lowest BCUT2D eigenvalue weighted by Gasteiger charge is -2.19. The number of hydrogen-bond donors (Lipinski definition) is 0. The molecule has 0 aliphatic rings. The molecule has 0 bridgehead atoms. The van der Waals surface area contributed by atoms with Crippen LogP contribution in [0.5, 0.6) is 0 Å². The number of rotatable bonds is 3. The van der Waals surface area contributed by atoms with Crippen LogP contribution < -0.4 is 0 Å². The largest absolute Gasteiger partial charge is 0.0622 e. The summed E-state index contributed by atoms with van der Waals surface area (Å²) in [6, 6.07) is 48.5. The second kappa shape index (κ2) is 7.57. The Morgan fingerprint density at radius 2 is 0.706 bits per heavy atom. The van der Waals surface area contributed by atoms with Crippen LogP contribution >= 0.6 is 0 Å². The first-order chi connectivity index (χ1) is 16.9. The van der Waals surface area contributed by atoms with E-state index in [1.807, 2.05) is 0 Å². The van der Waals surface area contributed by atoms with Gasteiger partial charge in [0.2, 0.25) is 0 Å². The summed E-state index contributed by atoms with van der Waals surface area (Å²) in [7, 11) is 0. The van der Waals surface area contributed by atoms with Crippen molar-refractivity contribution in [3.8, 4) is 33.4 Å². The van der Waals surface area contributed by atoms with Crippen molar-refractivity contribution in [3.63, 3.8) is 0 Å². The summed E-state index contributed by atoms with van der Waals surface area (Å²) in [5.41, 5.74) is 7.61. The van der Waals surface area contributed by atoms with E-state index in [2.05, 4.69) is 133 Å². The monoisotopic (exact) mass is 430 g/mol. The van der Waals surface area contributed by atoms with Gasteiger partial charge < -0.3 is 0 Å². The van der Waals surface area contributed by atoms with E-state index in [-0.39, 0.29) is 0 Å². The van der Waals surface area contributed by atoms with Crippen molar-refractivity contribution in [1.29, 1.82) is 0 Å². The van der Waals surface area contributed by atoms with Crippen LogP contribution in [0, 0.1) is 0 Å². The highest BCUT2D eigenvalue weighted by Gasteiger charge is 2.18. The van der Waals surface area contributed by atoms with Crippen LogP contribution in [0.15, 0.2) is 133 Å². The van der Waals surface area contributed by atoms with Crippen LogP contribution in [-0.2, 0) is 0 Å². The van der Waals surface area contributed by atoms with E-state index < -0.39 is 0 Å². The zero-order valence-electron chi connectivity index (χ0n) is 18.7. The van der Waals surface area contributed by atoms with E-state index in [0.29, 0.717) is 0 Å².